The molecule has 0 unspecified atom stereocenters. The Balaban J connectivity index is 3.02. The van der Waals surface area contributed by atoms with E-state index >= 15 is 0 Å². The van der Waals surface area contributed by atoms with Gasteiger partial charge in [-0.1, -0.05) is 0 Å². The topological polar surface area (TPSA) is 49.6 Å². The van der Waals surface area contributed by atoms with Gasteiger partial charge in [-0.25, -0.2) is 4.98 Å². The smallest absolute Gasteiger partial charge is 0.163 e. The van der Waals surface area contributed by atoms with Crippen molar-refractivity contribution in [3.8, 4) is 0 Å². The first-order valence-corrected chi connectivity index (χ1v) is 1.87. The molecule has 0 aliphatic rings. The first-order chi connectivity index (χ1) is 3.39. The first-order valence-electron chi connectivity index (χ1n) is 1.87. The molecule has 35 valence electrons. The Morgan fingerprint density at radius 3 is 2.57 bits per heavy atom. The molecule has 0 amide bonds. The van der Waals surface area contributed by atoms with E-state index in [1.807, 2.05) is 0 Å². The first kappa shape index (κ1) is 4.05. The third-order valence-electron chi connectivity index (χ3n) is 0.563. The van der Waals surface area contributed by atoms with Crippen molar-refractivity contribution in [1.82, 2.24) is 15.7 Å². The van der Waals surface area contributed by atoms with Gasteiger partial charge in [0.15, 0.2) is 5.82 Å². The van der Waals surface area contributed by atoms with Gasteiger partial charge in [0.05, 0.1) is 6.20 Å². The van der Waals surface area contributed by atoms with Crippen molar-refractivity contribution >= 4 is 5.82 Å². The lowest BCUT2D eigenvalue weighted by atomic mass is 10.7. The van der Waals surface area contributed by atoms with Crippen molar-refractivity contribution in [2.45, 2.75) is 0 Å². The Bertz CT molecular complexity index is 137. The maximum absolute atomic E-state index is 6.82. The van der Waals surface area contributed by atoms with Crippen molar-refractivity contribution < 1.29 is 0 Å². The number of hydrogen-bond acceptors (Lipinski definition) is 2. The second kappa shape index (κ2) is 1.55. The van der Waals surface area contributed by atoms with Crippen molar-refractivity contribution in [3.63, 3.8) is 0 Å². The van der Waals surface area contributed by atoms with E-state index in [1.165, 1.54) is 18.6 Å². The monoisotopic (exact) mass is 94.0 g/mol. The minimum Gasteiger partial charge on any atom is -0.282 e. The van der Waals surface area contributed by atoms with Gasteiger partial charge in [0, 0.05) is 12.4 Å². The predicted octanol–water partition coefficient (Wildman–Crippen LogP) is 0.391. The average molecular weight is 94.1 g/mol. The fraction of sp³-hybridized carbons (Fsp3) is 0. The fourth-order valence-electron chi connectivity index (χ4n) is 0.299. The van der Waals surface area contributed by atoms with Crippen LogP contribution in [0.25, 0.3) is 0 Å². The van der Waals surface area contributed by atoms with Crippen LogP contribution in [0.4, 0.5) is 5.82 Å². The van der Waals surface area contributed by atoms with Gasteiger partial charge in [0.1, 0.15) is 0 Å². The summed E-state index contributed by atoms with van der Waals surface area (Å²) in [6.45, 7) is 0. The highest BCUT2D eigenvalue weighted by Crippen LogP contribution is 1.87. The van der Waals surface area contributed by atoms with Crippen LogP contribution >= 0.6 is 0 Å². The van der Waals surface area contributed by atoms with Crippen LogP contribution in [0.1, 0.15) is 0 Å². The molecule has 0 fully saturated rings. The van der Waals surface area contributed by atoms with E-state index in [-0.39, 0.29) is 5.82 Å². The Morgan fingerprint density at radius 1 is 1.43 bits per heavy atom. The van der Waals surface area contributed by atoms with E-state index in [4.69, 9.17) is 5.73 Å². The summed E-state index contributed by atoms with van der Waals surface area (Å²) in [6.07, 6.45) is 4.42. The van der Waals surface area contributed by atoms with Crippen molar-refractivity contribution in [2.75, 3.05) is 0 Å². The maximum Gasteiger partial charge on any atom is 0.163 e. The standard InChI is InChI=1S/C4H4N3/c5-4-3-6-1-2-7-4/h1-3,5H. The van der Waals surface area contributed by atoms with Gasteiger partial charge in [0.25, 0.3) is 0 Å². The quantitative estimate of drug-likeness (QED) is 0.467. The van der Waals surface area contributed by atoms with Crippen molar-refractivity contribution in [3.05, 3.63) is 18.6 Å². The van der Waals surface area contributed by atoms with Crippen LogP contribution in [0.3, 0.4) is 0 Å². The molecule has 7 heavy (non-hydrogen) atoms. The molecule has 0 aliphatic heterocycles. The van der Waals surface area contributed by atoms with Crippen LogP contribution in [0.15, 0.2) is 18.6 Å². The van der Waals surface area contributed by atoms with Crippen LogP contribution in [0.2, 0.25) is 0 Å². The molecular formula is C4H4N3. The summed E-state index contributed by atoms with van der Waals surface area (Å²) < 4.78 is 0. The highest BCUT2D eigenvalue weighted by molar-refractivity contribution is 5.14. The molecular weight excluding hydrogens is 90.1 g/mol. The molecule has 1 rings (SSSR count). The minimum absolute atomic E-state index is 0.211. The van der Waals surface area contributed by atoms with Gasteiger partial charge >= 0.3 is 0 Å². The lowest BCUT2D eigenvalue weighted by Gasteiger charge is -1.80. The summed E-state index contributed by atoms with van der Waals surface area (Å²) in [4.78, 5) is 7.22. The van der Waals surface area contributed by atoms with Crippen LogP contribution in [0.5, 0.6) is 0 Å². The van der Waals surface area contributed by atoms with Gasteiger partial charge in [-0.2, -0.15) is 0 Å². The molecule has 0 atom stereocenters. The third kappa shape index (κ3) is 0.855. The molecule has 3 heteroatoms. The summed E-state index contributed by atoms with van der Waals surface area (Å²) in [5.74, 6) is 0.211. The summed E-state index contributed by atoms with van der Waals surface area (Å²) in [5.41, 5.74) is 6.82. The Labute approximate surface area is 41.2 Å². The van der Waals surface area contributed by atoms with Crippen LogP contribution < -0.4 is 5.73 Å². The highest BCUT2D eigenvalue weighted by atomic mass is 14.9. The van der Waals surface area contributed by atoms with E-state index in [2.05, 4.69) is 9.97 Å². The molecule has 1 aromatic rings. The third-order valence-corrected chi connectivity index (χ3v) is 0.563. The van der Waals surface area contributed by atoms with Crippen LogP contribution in [0, 0.1) is 0 Å². The molecule has 0 spiro atoms. The second-order valence-electron chi connectivity index (χ2n) is 1.09. The molecule has 3 nitrogen and oxygen atoms in total. The lowest BCUT2D eigenvalue weighted by molar-refractivity contribution is 1.16. The number of hydrogen-bond donors (Lipinski definition) is 0. The fourth-order valence-corrected chi connectivity index (χ4v) is 0.299. The predicted molar refractivity (Wildman–Crippen MR) is 24.8 cm³/mol. The normalized spacial score (nSPS) is 8.57. The van der Waals surface area contributed by atoms with Crippen molar-refractivity contribution in [1.29, 1.82) is 0 Å². The minimum atomic E-state index is 0.211. The van der Waals surface area contributed by atoms with Crippen LogP contribution in [-0.4, -0.2) is 9.97 Å². The summed E-state index contributed by atoms with van der Waals surface area (Å²) >= 11 is 0. The van der Waals surface area contributed by atoms with Crippen molar-refractivity contribution in [2.24, 2.45) is 0 Å². The zero-order valence-electron chi connectivity index (χ0n) is 3.63. The van der Waals surface area contributed by atoms with Gasteiger partial charge < -0.3 is 0 Å². The van der Waals surface area contributed by atoms with E-state index in [0.717, 1.165) is 0 Å². The van der Waals surface area contributed by atoms with E-state index in [9.17, 15) is 0 Å². The van der Waals surface area contributed by atoms with Gasteiger partial charge in [0.2, 0.25) is 0 Å². The Morgan fingerprint density at radius 2 is 2.29 bits per heavy atom. The summed E-state index contributed by atoms with van der Waals surface area (Å²) in [6, 6.07) is 0. The van der Waals surface area contributed by atoms with E-state index in [1.54, 1.807) is 0 Å². The largest absolute Gasteiger partial charge is 0.282 e. The molecule has 0 saturated heterocycles. The maximum atomic E-state index is 6.82. The molecule has 1 radical (unpaired) electrons. The second-order valence-corrected chi connectivity index (χ2v) is 1.09. The van der Waals surface area contributed by atoms with E-state index < -0.39 is 0 Å². The molecule has 1 heterocycles. The number of aromatic nitrogens is 2. The Hall–Kier alpha value is -1.12. The average Bonchev–Trinajstić information content (AvgIpc) is 1.69. The van der Waals surface area contributed by atoms with Crippen LogP contribution in [-0.2, 0) is 0 Å². The number of rotatable bonds is 0. The molecule has 1 aromatic heterocycles. The Kier molecular flexibility index (Phi) is 0.898. The molecule has 0 bridgehead atoms. The van der Waals surface area contributed by atoms with Gasteiger partial charge in [-0.05, 0) is 0 Å². The molecule has 0 saturated carbocycles. The SMILES string of the molecule is [NH]c1cnccn1. The molecule has 0 aliphatic carbocycles. The zero-order valence-corrected chi connectivity index (χ0v) is 3.63. The van der Waals surface area contributed by atoms with E-state index in [0.29, 0.717) is 0 Å². The lowest BCUT2D eigenvalue weighted by Crippen LogP contribution is -1.75. The number of nitrogens with zero attached hydrogens (tertiary/aromatic N) is 2. The van der Waals surface area contributed by atoms with Gasteiger partial charge in [-0.3, -0.25) is 10.7 Å². The van der Waals surface area contributed by atoms with Gasteiger partial charge in [-0.15, -0.1) is 0 Å². The molecule has 1 N–H and O–H groups in total. The number of nitrogens with one attached hydrogen (secondary N) is 1. The zero-order chi connectivity index (χ0) is 5.11. The highest BCUT2D eigenvalue weighted by Gasteiger charge is 1.76. The molecule has 0 aromatic carbocycles. The summed E-state index contributed by atoms with van der Waals surface area (Å²) in [5, 5.41) is 0. The summed E-state index contributed by atoms with van der Waals surface area (Å²) in [7, 11) is 0.